The number of aryl methyl sites for hydroxylation is 1. The van der Waals surface area contributed by atoms with Gasteiger partial charge in [0.05, 0.1) is 30.4 Å². The van der Waals surface area contributed by atoms with Crippen LogP contribution in [0.3, 0.4) is 0 Å². The number of amides is 1. The molecule has 10 heteroatoms. The molecule has 0 atom stereocenters. The minimum atomic E-state index is -4.17. The molecule has 0 spiro atoms. The number of carbonyl (C=O) groups excluding carboxylic acids is 2. The third-order valence-corrected chi connectivity index (χ3v) is 6.88. The normalized spacial score (nSPS) is 10.9. The molecule has 0 saturated heterocycles. The second kappa shape index (κ2) is 10.6. The highest BCUT2D eigenvalue weighted by Crippen LogP contribution is 2.35. The molecule has 3 rings (SSSR count). The maximum atomic E-state index is 13.6. The molecule has 0 bridgehead atoms. The molecule has 0 aliphatic rings. The number of carbonyl (C=O) groups is 2. The van der Waals surface area contributed by atoms with E-state index < -0.39 is 28.4 Å². The van der Waals surface area contributed by atoms with Gasteiger partial charge >= 0.3 is 5.97 Å². The number of halogens is 1. The Morgan fingerprint density at radius 1 is 1.00 bits per heavy atom. The lowest BCUT2D eigenvalue weighted by atomic mass is 10.2. The minimum absolute atomic E-state index is 0.000571. The minimum Gasteiger partial charge on any atom is -0.495 e. The molecule has 0 aliphatic heterocycles. The van der Waals surface area contributed by atoms with Gasteiger partial charge < -0.3 is 14.8 Å². The molecular formula is C24H23ClN2O6S. The Kier molecular flexibility index (Phi) is 7.80. The summed E-state index contributed by atoms with van der Waals surface area (Å²) in [6, 6.07) is 16.9. The van der Waals surface area contributed by atoms with Gasteiger partial charge in [-0.3, -0.25) is 9.10 Å². The molecule has 3 aromatic carbocycles. The Hall–Kier alpha value is -3.56. The first kappa shape index (κ1) is 25.1. The van der Waals surface area contributed by atoms with Crippen molar-refractivity contribution in [1.82, 2.24) is 0 Å². The van der Waals surface area contributed by atoms with Crippen LogP contribution in [0.4, 0.5) is 11.4 Å². The number of hydrogen-bond acceptors (Lipinski definition) is 6. The highest BCUT2D eigenvalue weighted by atomic mass is 35.5. The average molecular weight is 503 g/mol. The van der Waals surface area contributed by atoms with Crippen LogP contribution in [-0.2, 0) is 19.6 Å². The van der Waals surface area contributed by atoms with Crippen molar-refractivity contribution >= 4 is 44.9 Å². The molecule has 3 aromatic rings. The lowest BCUT2D eigenvalue weighted by molar-refractivity contribution is -0.114. The smallest absolute Gasteiger partial charge is 0.337 e. The van der Waals surface area contributed by atoms with Crippen molar-refractivity contribution in [1.29, 1.82) is 0 Å². The van der Waals surface area contributed by atoms with Gasteiger partial charge in [0.15, 0.2) is 0 Å². The standard InChI is InChI=1S/C24H23ClN2O6S/c1-16-7-10-20(11-8-16)34(30,31)27(21-14-18(25)9-12-22(21)32-2)15-23(28)26-19-6-4-5-17(13-19)24(29)33-3/h4-14H,15H2,1-3H3,(H,26,28). The summed E-state index contributed by atoms with van der Waals surface area (Å²) in [6.07, 6.45) is 0. The van der Waals surface area contributed by atoms with Gasteiger partial charge in [-0.2, -0.15) is 0 Å². The number of nitrogens with zero attached hydrogens (tertiary/aromatic N) is 1. The lowest BCUT2D eigenvalue weighted by Crippen LogP contribution is -2.38. The molecule has 0 aromatic heterocycles. The van der Waals surface area contributed by atoms with Crippen molar-refractivity contribution in [3.63, 3.8) is 0 Å². The first-order valence-corrected chi connectivity index (χ1v) is 11.9. The second-order valence-electron chi connectivity index (χ2n) is 7.26. The van der Waals surface area contributed by atoms with Gasteiger partial charge in [0, 0.05) is 10.7 Å². The van der Waals surface area contributed by atoms with Crippen LogP contribution in [0.25, 0.3) is 0 Å². The highest BCUT2D eigenvalue weighted by Gasteiger charge is 2.30. The van der Waals surface area contributed by atoms with Gasteiger partial charge in [-0.25, -0.2) is 13.2 Å². The Morgan fingerprint density at radius 2 is 1.71 bits per heavy atom. The SMILES string of the molecule is COC(=O)c1cccc(NC(=O)CN(c2cc(Cl)ccc2OC)S(=O)(=O)c2ccc(C)cc2)c1. The summed E-state index contributed by atoms with van der Waals surface area (Å²) in [5.41, 5.74) is 1.53. The topological polar surface area (TPSA) is 102 Å². The van der Waals surface area contributed by atoms with E-state index in [0.717, 1.165) is 9.87 Å². The molecule has 1 amide bonds. The number of sulfonamides is 1. The predicted molar refractivity (Wildman–Crippen MR) is 130 cm³/mol. The lowest BCUT2D eigenvalue weighted by Gasteiger charge is -2.26. The molecule has 0 saturated carbocycles. The third kappa shape index (κ3) is 5.67. The Balaban J connectivity index is 2.00. The highest BCUT2D eigenvalue weighted by molar-refractivity contribution is 7.92. The van der Waals surface area contributed by atoms with E-state index in [1.165, 1.54) is 50.6 Å². The molecule has 0 unspecified atom stereocenters. The fraction of sp³-hybridized carbons (Fsp3) is 0.167. The molecule has 0 radical (unpaired) electrons. The number of methoxy groups -OCH3 is 2. The number of anilines is 2. The van der Waals surface area contributed by atoms with Gasteiger partial charge in [0.2, 0.25) is 5.91 Å². The summed E-state index contributed by atoms with van der Waals surface area (Å²) in [6.45, 7) is 1.26. The summed E-state index contributed by atoms with van der Waals surface area (Å²) in [4.78, 5) is 24.7. The Morgan fingerprint density at radius 3 is 2.35 bits per heavy atom. The maximum absolute atomic E-state index is 13.6. The van der Waals surface area contributed by atoms with E-state index in [9.17, 15) is 18.0 Å². The van der Waals surface area contributed by atoms with Crippen LogP contribution in [-0.4, -0.2) is 41.1 Å². The van der Waals surface area contributed by atoms with Crippen LogP contribution in [0.1, 0.15) is 15.9 Å². The van der Waals surface area contributed by atoms with Crippen LogP contribution < -0.4 is 14.4 Å². The molecule has 1 N–H and O–H groups in total. The Labute approximate surface area is 203 Å². The molecule has 8 nitrogen and oxygen atoms in total. The molecule has 178 valence electrons. The van der Waals surface area contributed by atoms with E-state index in [4.69, 9.17) is 21.1 Å². The van der Waals surface area contributed by atoms with Crippen molar-refractivity contribution in [2.45, 2.75) is 11.8 Å². The van der Waals surface area contributed by atoms with Crippen LogP contribution in [0.15, 0.2) is 71.6 Å². The van der Waals surface area contributed by atoms with Crippen molar-refractivity contribution in [2.24, 2.45) is 0 Å². The largest absolute Gasteiger partial charge is 0.495 e. The zero-order valence-electron chi connectivity index (χ0n) is 18.7. The van der Waals surface area contributed by atoms with Crippen LogP contribution >= 0.6 is 11.6 Å². The predicted octanol–water partition coefficient (Wildman–Crippen LogP) is 4.28. The number of hydrogen-bond donors (Lipinski definition) is 1. The van der Waals surface area contributed by atoms with Crippen molar-refractivity contribution < 1.29 is 27.5 Å². The van der Waals surface area contributed by atoms with E-state index in [-0.39, 0.29) is 26.9 Å². The third-order valence-electron chi connectivity index (χ3n) is 4.87. The van der Waals surface area contributed by atoms with Gasteiger partial charge in [0.1, 0.15) is 12.3 Å². The molecule has 0 fully saturated rings. The van der Waals surface area contributed by atoms with Crippen molar-refractivity contribution in [3.8, 4) is 5.75 Å². The van der Waals surface area contributed by atoms with E-state index in [0.29, 0.717) is 5.69 Å². The molecule has 0 aliphatic carbocycles. The number of esters is 1. The molecule has 0 heterocycles. The molecular weight excluding hydrogens is 480 g/mol. The summed E-state index contributed by atoms with van der Waals surface area (Å²) in [7, 11) is -1.53. The van der Waals surface area contributed by atoms with Crippen molar-refractivity contribution in [3.05, 3.63) is 82.9 Å². The monoisotopic (exact) mass is 502 g/mol. The van der Waals surface area contributed by atoms with Gasteiger partial charge in [0.25, 0.3) is 10.0 Å². The van der Waals surface area contributed by atoms with Crippen LogP contribution in [0.5, 0.6) is 5.75 Å². The summed E-state index contributed by atoms with van der Waals surface area (Å²) in [5.74, 6) is -0.983. The number of rotatable bonds is 8. The van der Waals surface area contributed by atoms with Gasteiger partial charge in [-0.1, -0.05) is 35.4 Å². The first-order chi connectivity index (χ1) is 16.1. The fourth-order valence-electron chi connectivity index (χ4n) is 3.17. The average Bonchev–Trinajstić information content (AvgIpc) is 2.82. The van der Waals surface area contributed by atoms with E-state index in [2.05, 4.69) is 5.32 Å². The van der Waals surface area contributed by atoms with E-state index in [1.54, 1.807) is 30.3 Å². The van der Waals surface area contributed by atoms with Gasteiger partial charge in [-0.05, 0) is 55.5 Å². The quantitative estimate of drug-likeness (QED) is 0.461. The number of nitrogens with one attached hydrogen (secondary N) is 1. The van der Waals surface area contributed by atoms with Crippen molar-refractivity contribution in [2.75, 3.05) is 30.4 Å². The maximum Gasteiger partial charge on any atom is 0.337 e. The number of benzene rings is 3. The van der Waals surface area contributed by atoms with Gasteiger partial charge in [-0.15, -0.1) is 0 Å². The zero-order chi connectivity index (χ0) is 24.9. The van der Waals surface area contributed by atoms with Crippen LogP contribution in [0, 0.1) is 6.92 Å². The van der Waals surface area contributed by atoms with Crippen LogP contribution in [0.2, 0.25) is 5.02 Å². The first-order valence-electron chi connectivity index (χ1n) is 10.1. The zero-order valence-corrected chi connectivity index (χ0v) is 20.3. The number of ether oxygens (including phenoxy) is 2. The molecule has 34 heavy (non-hydrogen) atoms. The summed E-state index contributed by atoms with van der Waals surface area (Å²) < 4.78 is 38.1. The summed E-state index contributed by atoms with van der Waals surface area (Å²) in [5, 5.41) is 2.89. The van der Waals surface area contributed by atoms with E-state index in [1.807, 2.05) is 6.92 Å². The summed E-state index contributed by atoms with van der Waals surface area (Å²) >= 11 is 6.14. The second-order valence-corrected chi connectivity index (χ2v) is 9.56. The Bertz CT molecular complexity index is 1310. The van der Waals surface area contributed by atoms with E-state index >= 15 is 0 Å². The fourth-order valence-corrected chi connectivity index (χ4v) is 4.76.